The van der Waals surface area contributed by atoms with Crippen LogP contribution in [0.5, 0.6) is 0 Å². The summed E-state index contributed by atoms with van der Waals surface area (Å²) in [7, 11) is -1.68. The molecule has 9 heteroatoms. The molecule has 23 heavy (non-hydrogen) atoms. The Morgan fingerprint density at radius 2 is 1.87 bits per heavy atom. The number of hydrogen-bond acceptors (Lipinski definition) is 7. The largest absolute Gasteiger partial charge is 0.307 e. The zero-order valence-electron chi connectivity index (χ0n) is 12.6. The zero-order chi connectivity index (χ0) is 16.4. The number of sulfone groups is 1. The molecule has 0 amide bonds. The van der Waals surface area contributed by atoms with Crippen LogP contribution in [0.3, 0.4) is 0 Å². The van der Waals surface area contributed by atoms with Gasteiger partial charge in [-0.05, 0) is 18.2 Å². The maximum absolute atomic E-state index is 12.3. The van der Waals surface area contributed by atoms with E-state index in [4.69, 9.17) is 0 Å². The summed E-state index contributed by atoms with van der Waals surface area (Å²) in [5.41, 5.74) is 0.877. The minimum atomic E-state index is -3.42. The summed E-state index contributed by atoms with van der Waals surface area (Å²) in [6.07, 6.45) is 4.55. The van der Waals surface area contributed by atoms with E-state index in [2.05, 4.69) is 25.1 Å². The topological polar surface area (TPSA) is 104 Å². The van der Waals surface area contributed by atoms with Crippen LogP contribution >= 0.6 is 0 Å². The van der Waals surface area contributed by atoms with Gasteiger partial charge in [-0.25, -0.2) is 18.4 Å². The lowest BCUT2D eigenvalue weighted by Crippen LogP contribution is -2.08. The highest BCUT2D eigenvalue weighted by Gasteiger charge is 2.23. The Labute approximate surface area is 133 Å². The number of nitrogens with zero attached hydrogens (tertiary/aromatic N) is 6. The van der Waals surface area contributed by atoms with Crippen molar-refractivity contribution in [3.05, 3.63) is 36.9 Å². The Balaban J connectivity index is 2.17. The second-order valence-corrected chi connectivity index (χ2v) is 7.00. The van der Waals surface area contributed by atoms with E-state index < -0.39 is 9.84 Å². The molecule has 0 unspecified atom stereocenters. The first kappa shape index (κ1) is 15.2. The average Bonchev–Trinajstić information content (AvgIpc) is 2.97. The van der Waals surface area contributed by atoms with E-state index in [9.17, 15) is 8.42 Å². The molecule has 0 spiro atoms. The molecule has 0 atom stereocenters. The molecule has 0 saturated carbocycles. The van der Waals surface area contributed by atoms with E-state index in [0.717, 1.165) is 0 Å². The Hall–Kier alpha value is -2.68. The van der Waals surface area contributed by atoms with Gasteiger partial charge in [0.2, 0.25) is 0 Å². The fourth-order valence-electron chi connectivity index (χ4n) is 2.15. The van der Waals surface area contributed by atoms with Crippen molar-refractivity contribution in [2.24, 2.45) is 7.05 Å². The van der Waals surface area contributed by atoms with Gasteiger partial charge in [-0.3, -0.25) is 4.98 Å². The normalized spacial score (nSPS) is 11.6. The fourth-order valence-corrected chi connectivity index (χ4v) is 3.18. The van der Waals surface area contributed by atoms with Crippen LogP contribution in [0.25, 0.3) is 23.0 Å². The maximum atomic E-state index is 12.3. The molecule has 0 bridgehead atoms. The van der Waals surface area contributed by atoms with E-state index >= 15 is 0 Å². The van der Waals surface area contributed by atoms with Gasteiger partial charge in [-0.2, -0.15) is 0 Å². The minimum absolute atomic E-state index is 0.0116. The van der Waals surface area contributed by atoms with Gasteiger partial charge in [0.25, 0.3) is 0 Å². The van der Waals surface area contributed by atoms with Gasteiger partial charge in [0, 0.05) is 19.4 Å². The van der Waals surface area contributed by atoms with Crippen molar-refractivity contribution >= 4 is 9.84 Å². The van der Waals surface area contributed by atoms with Crippen molar-refractivity contribution in [1.29, 1.82) is 0 Å². The van der Waals surface area contributed by atoms with Crippen LogP contribution in [-0.2, 0) is 16.9 Å². The SMILES string of the molecule is CCS(=O)(=O)c1cccnc1-c1nnc(-c2ccncn2)n1C. The molecule has 118 valence electrons. The molecular weight excluding hydrogens is 316 g/mol. The van der Waals surface area contributed by atoms with Gasteiger partial charge >= 0.3 is 0 Å². The van der Waals surface area contributed by atoms with Gasteiger partial charge in [-0.15, -0.1) is 10.2 Å². The zero-order valence-corrected chi connectivity index (χ0v) is 13.4. The predicted molar refractivity (Wildman–Crippen MR) is 83.0 cm³/mol. The van der Waals surface area contributed by atoms with Crippen molar-refractivity contribution in [1.82, 2.24) is 29.7 Å². The first-order valence-electron chi connectivity index (χ1n) is 6.88. The van der Waals surface area contributed by atoms with Gasteiger partial charge in [0.1, 0.15) is 17.7 Å². The van der Waals surface area contributed by atoms with Crippen LogP contribution in [0.4, 0.5) is 0 Å². The molecule has 8 nitrogen and oxygen atoms in total. The highest BCUT2D eigenvalue weighted by Crippen LogP contribution is 2.26. The highest BCUT2D eigenvalue weighted by molar-refractivity contribution is 7.91. The summed E-state index contributed by atoms with van der Waals surface area (Å²) < 4.78 is 26.2. The van der Waals surface area contributed by atoms with Crippen LogP contribution in [-0.4, -0.2) is 43.9 Å². The molecule has 0 aliphatic carbocycles. The summed E-state index contributed by atoms with van der Waals surface area (Å²) in [4.78, 5) is 12.3. The van der Waals surface area contributed by atoms with Gasteiger partial charge in [0.15, 0.2) is 21.5 Å². The Bertz CT molecular complexity index is 937. The van der Waals surface area contributed by atoms with E-state index in [-0.39, 0.29) is 16.3 Å². The standard InChI is InChI=1S/C14H14N6O2S/c1-3-23(21,22)11-5-4-7-16-12(11)14-19-18-13(20(14)2)10-6-8-15-9-17-10/h4-9H,3H2,1-2H3. The second-order valence-electron chi connectivity index (χ2n) is 4.75. The van der Waals surface area contributed by atoms with Crippen molar-refractivity contribution < 1.29 is 8.42 Å². The Morgan fingerprint density at radius 3 is 2.57 bits per heavy atom. The molecule has 0 fully saturated rings. The van der Waals surface area contributed by atoms with Crippen molar-refractivity contribution in [3.8, 4) is 23.0 Å². The first-order chi connectivity index (χ1) is 11.0. The molecule has 0 aliphatic rings. The van der Waals surface area contributed by atoms with Gasteiger partial charge < -0.3 is 4.57 Å². The first-order valence-corrected chi connectivity index (χ1v) is 8.53. The molecule has 3 heterocycles. The van der Waals surface area contributed by atoms with Gasteiger partial charge in [0.05, 0.1) is 10.6 Å². The smallest absolute Gasteiger partial charge is 0.184 e. The molecule has 0 radical (unpaired) electrons. The third-order valence-corrected chi connectivity index (χ3v) is 5.14. The number of aromatic nitrogens is 6. The molecule has 0 aromatic carbocycles. The fraction of sp³-hybridized carbons (Fsp3) is 0.214. The van der Waals surface area contributed by atoms with E-state index in [0.29, 0.717) is 17.3 Å². The van der Waals surface area contributed by atoms with E-state index in [1.54, 1.807) is 36.9 Å². The van der Waals surface area contributed by atoms with E-state index in [1.807, 2.05) is 0 Å². The number of hydrogen-bond donors (Lipinski definition) is 0. The van der Waals surface area contributed by atoms with E-state index in [1.165, 1.54) is 18.6 Å². The van der Waals surface area contributed by atoms with Crippen LogP contribution in [0, 0.1) is 0 Å². The monoisotopic (exact) mass is 330 g/mol. The van der Waals surface area contributed by atoms with Crippen molar-refractivity contribution in [2.45, 2.75) is 11.8 Å². The molecule has 3 aromatic rings. The van der Waals surface area contributed by atoms with Crippen LogP contribution in [0.2, 0.25) is 0 Å². The maximum Gasteiger partial charge on any atom is 0.184 e. The Morgan fingerprint density at radius 1 is 1.09 bits per heavy atom. The predicted octanol–water partition coefficient (Wildman–Crippen LogP) is 1.13. The molecule has 0 saturated heterocycles. The molecule has 3 aromatic heterocycles. The highest BCUT2D eigenvalue weighted by atomic mass is 32.2. The molecule has 0 N–H and O–H groups in total. The summed E-state index contributed by atoms with van der Waals surface area (Å²) in [6.45, 7) is 1.59. The number of rotatable bonds is 4. The molecular formula is C14H14N6O2S. The Kier molecular flexibility index (Phi) is 3.87. The van der Waals surface area contributed by atoms with Crippen LogP contribution in [0.15, 0.2) is 41.8 Å². The lowest BCUT2D eigenvalue weighted by molar-refractivity contribution is 0.597. The second kappa shape index (κ2) is 5.84. The molecule has 3 rings (SSSR count). The number of pyridine rings is 1. The van der Waals surface area contributed by atoms with Crippen molar-refractivity contribution in [3.63, 3.8) is 0 Å². The summed E-state index contributed by atoms with van der Waals surface area (Å²) in [5, 5.41) is 8.20. The molecule has 0 aliphatic heterocycles. The average molecular weight is 330 g/mol. The lowest BCUT2D eigenvalue weighted by Gasteiger charge is -2.08. The van der Waals surface area contributed by atoms with Gasteiger partial charge in [-0.1, -0.05) is 6.92 Å². The summed E-state index contributed by atoms with van der Waals surface area (Å²) >= 11 is 0. The van der Waals surface area contributed by atoms with Crippen LogP contribution in [0.1, 0.15) is 6.92 Å². The summed E-state index contributed by atoms with van der Waals surface area (Å²) in [5.74, 6) is 0.863. The van der Waals surface area contributed by atoms with Crippen LogP contribution < -0.4 is 0 Å². The third-order valence-electron chi connectivity index (χ3n) is 3.38. The quantitative estimate of drug-likeness (QED) is 0.706. The summed E-state index contributed by atoms with van der Waals surface area (Å²) in [6, 6.07) is 4.82. The third kappa shape index (κ3) is 2.70. The minimum Gasteiger partial charge on any atom is -0.307 e. The van der Waals surface area contributed by atoms with Crippen molar-refractivity contribution in [2.75, 3.05) is 5.75 Å². The lowest BCUT2D eigenvalue weighted by atomic mass is 10.3.